The van der Waals surface area contributed by atoms with Crippen molar-refractivity contribution in [3.8, 4) is 0 Å². The van der Waals surface area contributed by atoms with Gasteiger partial charge in [0.05, 0.1) is 17.2 Å². The summed E-state index contributed by atoms with van der Waals surface area (Å²) in [4.78, 5) is 4.39. The molecule has 0 atom stereocenters. The quantitative estimate of drug-likeness (QED) is 0.779. The molecule has 2 heterocycles. The van der Waals surface area contributed by atoms with Gasteiger partial charge in [-0.2, -0.15) is 8.75 Å². The molecule has 0 unspecified atom stereocenters. The molecule has 0 radical (unpaired) electrons. The van der Waals surface area contributed by atoms with Gasteiger partial charge in [-0.3, -0.25) is 4.98 Å². The molecule has 0 saturated carbocycles. The summed E-state index contributed by atoms with van der Waals surface area (Å²) in [7, 11) is 0. The number of nitrogens with zero attached hydrogens (tertiary/aromatic N) is 3. The molecule has 0 fully saturated rings. The molecule has 0 amide bonds. The number of rotatable bonds is 5. The molecular weight excluding hydrogens is 268 g/mol. The molecule has 1 aromatic carbocycles. The molecule has 0 bridgehead atoms. The van der Waals surface area contributed by atoms with E-state index in [0.717, 1.165) is 36.4 Å². The van der Waals surface area contributed by atoms with Gasteiger partial charge in [0.1, 0.15) is 5.69 Å². The van der Waals surface area contributed by atoms with Crippen molar-refractivity contribution < 1.29 is 0 Å². The molecule has 20 heavy (non-hydrogen) atoms. The second kappa shape index (κ2) is 5.96. The van der Waals surface area contributed by atoms with E-state index in [4.69, 9.17) is 0 Å². The fourth-order valence-electron chi connectivity index (χ4n) is 2.19. The Bertz CT molecular complexity index is 702. The Balaban J connectivity index is 1.92. The average molecular weight is 284 g/mol. The van der Waals surface area contributed by atoms with Crippen LogP contribution in [0.3, 0.4) is 0 Å². The zero-order valence-corrected chi connectivity index (χ0v) is 12.2. The van der Waals surface area contributed by atoms with Gasteiger partial charge in [0.25, 0.3) is 0 Å². The highest BCUT2D eigenvalue weighted by Gasteiger charge is 2.10. The summed E-state index contributed by atoms with van der Waals surface area (Å²) in [5.74, 6) is 0.915. The summed E-state index contributed by atoms with van der Waals surface area (Å²) < 4.78 is 8.75. The van der Waals surface area contributed by atoms with Crippen LogP contribution in [0.25, 0.3) is 10.9 Å². The fraction of sp³-hybridized carbons (Fsp3) is 0.267. The van der Waals surface area contributed by atoms with Crippen LogP contribution in [0.1, 0.15) is 24.6 Å². The third-order valence-electron chi connectivity index (χ3n) is 3.20. The molecule has 0 aliphatic rings. The minimum Gasteiger partial charge on any atom is -0.368 e. The second-order valence-corrected chi connectivity index (χ2v) is 5.18. The molecule has 1 N–H and O–H groups in total. The summed E-state index contributed by atoms with van der Waals surface area (Å²) in [6, 6.07) is 10.3. The van der Waals surface area contributed by atoms with Gasteiger partial charge in [-0.1, -0.05) is 25.1 Å². The van der Waals surface area contributed by atoms with Crippen molar-refractivity contribution in [3.05, 3.63) is 47.8 Å². The van der Waals surface area contributed by atoms with Crippen LogP contribution in [0.4, 0.5) is 5.82 Å². The van der Waals surface area contributed by atoms with E-state index in [9.17, 15) is 0 Å². The predicted molar refractivity (Wildman–Crippen MR) is 83.2 cm³/mol. The summed E-state index contributed by atoms with van der Waals surface area (Å²) in [5.41, 5.74) is 3.28. The van der Waals surface area contributed by atoms with E-state index < -0.39 is 0 Å². The van der Waals surface area contributed by atoms with E-state index in [1.165, 1.54) is 22.7 Å². The van der Waals surface area contributed by atoms with Gasteiger partial charge in [-0.25, -0.2) is 0 Å². The molecular formula is C15H16N4S. The molecule has 2 aromatic heterocycles. The predicted octanol–water partition coefficient (Wildman–Crippen LogP) is 3.50. The first-order chi connectivity index (χ1) is 9.88. The summed E-state index contributed by atoms with van der Waals surface area (Å²) >= 11 is 1.26. The van der Waals surface area contributed by atoms with Crippen LogP contribution in [0, 0.1) is 0 Å². The second-order valence-electron chi connectivity index (χ2n) is 4.65. The Hall–Kier alpha value is -2.01. The van der Waals surface area contributed by atoms with E-state index in [0.29, 0.717) is 0 Å². The van der Waals surface area contributed by atoms with Gasteiger partial charge in [0.2, 0.25) is 0 Å². The molecule has 3 rings (SSSR count). The lowest BCUT2D eigenvalue weighted by atomic mass is 10.0. The Morgan fingerprint density at radius 1 is 1.15 bits per heavy atom. The number of pyridine rings is 1. The maximum Gasteiger partial charge on any atom is 0.163 e. The summed E-state index contributed by atoms with van der Waals surface area (Å²) in [5, 5.41) is 4.52. The number of aromatic nitrogens is 3. The molecule has 102 valence electrons. The third kappa shape index (κ3) is 2.63. The first kappa shape index (κ1) is 13.0. The maximum atomic E-state index is 4.42. The highest BCUT2D eigenvalue weighted by atomic mass is 32.1. The van der Waals surface area contributed by atoms with Gasteiger partial charge in [-0.15, -0.1) is 0 Å². The van der Waals surface area contributed by atoms with Crippen LogP contribution in [0.5, 0.6) is 0 Å². The molecule has 5 heteroatoms. The van der Waals surface area contributed by atoms with Crippen LogP contribution < -0.4 is 5.32 Å². The van der Waals surface area contributed by atoms with Crippen molar-refractivity contribution >= 4 is 28.4 Å². The minimum absolute atomic E-state index is 0.783. The van der Waals surface area contributed by atoms with Gasteiger partial charge in [0, 0.05) is 24.5 Å². The maximum absolute atomic E-state index is 4.42. The molecule has 3 aromatic rings. The first-order valence-corrected chi connectivity index (χ1v) is 7.49. The number of para-hydroxylation sites is 1. The minimum atomic E-state index is 0.783. The lowest BCUT2D eigenvalue weighted by Crippen LogP contribution is -2.03. The van der Waals surface area contributed by atoms with Crippen molar-refractivity contribution in [1.82, 2.24) is 13.7 Å². The summed E-state index contributed by atoms with van der Waals surface area (Å²) in [6.45, 7) is 3.07. The van der Waals surface area contributed by atoms with Crippen molar-refractivity contribution in [2.45, 2.75) is 19.8 Å². The van der Waals surface area contributed by atoms with E-state index >= 15 is 0 Å². The van der Waals surface area contributed by atoms with Crippen molar-refractivity contribution in [2.75, 3.05) is 11.9 Å². The zero-order valence-electron chi connectivity index (χ0n) is 11.3. The van der Waals surface area contributed by atoms with Crippen LogP contribution in [0.2, 0.25) is 0 Å². The SMILES string of the molecule is CCCNc1nsnc1Cc1ccnc2ccccc12. The van der Waals surface area contributed by atoms with E-state index in [2.05, 4.69) is 38.1 Å². The zero-order chi connectivity index (χ0) is 13.8. The van der Waals surface area contributed by atoms with Crippen molar-refractivity contribution in [3.63, 3.8) is 0 Å². The van der Waals surface area contributed by atoms with Gasteiger partial charge in [0.15, 0.2) is 5.82 Å². The fourth-order valence-corrected chi connectivity index (χ4v) is 2.73. The largest absolute Gasteiger partial charge is 0.368 e. The average Bonchev–Trinajstić information content (AvgIpc) is 2.93. The molecule has 0 aliphatic carbocycles. The Morgan fingerprint density at radius 2 is 2.05 bits per heavy atom. The van der Waals surface area contributed by atoms with Gasteiger partial charge in [-0.05, 0) is 24.1 Å². The number of hydrogen-bond donors (Lipinski definition) is 1. The molecule has 0 saturated heterocycles. The highest BCUT2D eigenvalue weighted by molar-refractivity contribution is 6.99. The summed E-state index contributed by atoms with van der Waals surface area (Å²) in [6.07, 6.45) is 3.72. The van der Waals surface area contributed by atoms with Crippen LogP contribution >= 0.6 is 11.7 Å². The van der Waals surface area contributed by atoms with E-state index in [1.807, 2.05) is 24.4 Å². The lowest BCUT2D eigenvalue weighted by molar-refractivity contribution is 0.966. The standard InChI is InChI=1S/C15H16N4S/c1-2-8-17-15-14(18-20-19-15)10-11-7-9-16-13-6-4-3-5-12(11)13/h3-7,9H,2,8,10H2,1H3,(H,17,19). The van der Waals surface area contributed by atoms with Crippen LogP contribution in [0.15, 0.2) is 36.5 Å². The molecule has 4 nitrogen and oxygen atoms in total. The Kier molecular flexibility index (Phi) is 3.87. The van der Waals surface area contributed by atoms with Crippen molar-refractivity contribution in [1.29, 1.82) is 0 Å². The van der Waals surface area contributed by atoms with E-state index in [1.54, 1.807) is 0 Å². The van der Waals surface area contributed by atoms with Gasteiger partial charge < -0.3 is 5.32 Å². The lowest BCUT2D eigenvalue weighted by Gasteiger charge is -2.06. The number of nitrogens with one attached hydrogen (secondary N) is 1. The third-order valence-corrected chi connectivity index (χ3v) is 3.76. The van der Waals surface area contributed by atoms with Crippen molar-refractivity contribution in [2.24, 2.45) is 0 Å². The van der Waals surface area contributed by atoms with Crippen LogP contribution in [-0.4, -0.2) is 20.3 Å². The smallest absolute Gasteiger partial charge is 0.163 e. The topological polar surface area (TPSA) is 50.7 Å². The first-order valence-electron chi connectivity index (χ1n) is 6.76. The molecule has 0 spiro atoms. The Morgan fingerprint density at radius 3 is 2.95 bits per heavy atom. The highest BCUT2D eigenvalue weighted by Crippen LogP contribution is 2.22. The Labute approximate surface area is 122 Å². The number of anilines is 1. The van der Waals surface area contributed by atoms with Gasteiger partial charge >= 0.3 is 0 Å². The van der Waals surface area contributed by atoms with Crippen LogP contribution in [-0.2, 0) is 6.42 Å². The number of fused-ring (bicyclic) bond motifs is 1. The molecule has 0 aliphatic heterocycles. The monoisotopic (exact) mass is 284 g/mol. The number of benzene rings is 1. The number of hydrogen-bond acceptors (Lipinski definition) is 5. The van der Waals surface area contributed by atoms with E-state index in [-0.39, 0.29) is 0 Å². The normalized spacial score (nSPS) is 10.8.